The van der Waals surface area contributed by atoms with Gasteiger partial charge in [0.2, 0.25) is 0 Å². The van der Waals surface area contributed by atoms with E-state index in [1.807, 2.05) is 0 Å². The standard InChI is InChI=1S/C24H14BrFN2O4/c25-15-10-11-19-17(13-15)22(16-6-2-3-7-18(16)26)23(24(30)27-19)21(29)12-9-14-5-1-4-8-20(14)28(31)32/h1-13H,(H,27,30). The van der Waals surface area contributed by atoms with Crippen LogP contribution in [0.25, 0.3) is 28.1 Å². The van der Waals surface area contributed by atoms with E-state index >= 15 is 0 Å². The van der Waals surface area contributed by atoms with Crippen LogP contribution >= 0.6 is 15.9 Å². The first-order chi connectivity index (χ1) is 15.4. The number of nitrogens with one attached hydrogen (secondary N) is 1. The highest BCUT2D eigenvalue weighted by Gasteiger charge is 2.22. The molecule has 6 nitrogen and oxygen atoms in total. The van der Waals surface area contributed by atoms with Crippen LogP contribution in [0.15, 0.2) is 82.1 Å². The number of rotatable bonds is 5. The van der Waals surface area contributed by atoms with Gasteiger partial charge in [-0.05, 0) is 42.5 Å². The van der Waals surface area contributed by atoms with Crippen LogP contribution in [0.1, 0.15) is 15.9 Å². The molecule has 0 radical (unpaired) electrons. The minimum atomic E-state index is -0.704. The summed E-state index contributed by atoms with van der Waals surface area (Å²) in [7, 11) is 0. The molecule has 1 heterocycles. The summed E-state index contributed by atoms with van der Waals surface area (Å²) < 4.78 is 15.4. The van der Waals surface area contributed by atoms with Gasteiger partial charge in [-0.2, -0.15) is 0 Å². The van der Waals surface area contributed by atoms with Crippen molar-refractivity contribution in [2.24, 2.45) is 0 Å². The van der Waals surface area contributed by atoms with E-state index in [1.54, 1.807) is 30.3 Å². The second-order valence-corrected chi connectivity index (χ2v) is 7.80. The first-order valence-corrected chi connectivity index (χ1v) is 10.2. The summed E-state index contributed by atoms with van der Waals surface area (Å²) in [4.78, 5) is 39.4. The van der Waals surface area contributed by atoms with Crippen LogP contribution in [0.5, 0.6) is 0 Å². The summed E-state index contributed by atoms with van der Waals surface area (Å²) in [5, 5.41) is 11.7. The van der Waals surface area contributed by atoms with Gasteiger partial charge < -0.3 is 4.98 Å². The van der Waals surface area contributed by atoms with Crippen LogP contribution in [0.3, 0.4) is 0 Å². The van der Waals surface area contributed by atoms with Crippen molar-refractivity contribution in [3.8, 4) is 11.1 Å². The maximum atomic E-state index is 14.7. The number of hydrogen-bond donors (Lipinski definition) is 1. The van der Waals surface area contributed by atoms with Crippen molar-refractivity contribution < 1.29 is 14.1 Å². The number of fused-ring (bicyclic) bond motifs is 1. The second-order valence-electron chi connectivity index (χ2n) is 6.89. The predicted octanol–water partition coefficient (Wildman–Crippen LogP) is 5.90. The van der Waals surface area contributed by atoms with Crippen molar-refractivity contribution >= 4 is 44.4 Å². The van der Waals surface area contributed by atoms with Crippen LogP contribution in [-0.4, -0.2) is 15.7 Å². The molecule has 8 heteroatoms. The molecule has 0 amide bonds. The van der Waals surface area contributed by atoms with Gasteiger partial charge in [-0.3, -0.25) is 19.7 Å². The average Bonchev–Trinajstić information content (AvgIpc) is 2.77. The molecule has 0 bridgehead atoms. The van der Waals surface area contributed by atoms with Crippen LogP contribution in [0, 0.1) is 15.9 Å². The lowest BCUT2D eigenvalue weighted by atomic mass is 9.93. The lowest BCUT2D eigenvalue weighted by Crippen LogP contribution is -2.19. The number of hydrogen-bond acceptors (Lipinski definition) is 4. The van der Waals surface area contributed by atoms with Crippen molar-refractivity contribution in [2.75, 3.05) is 0 Å². The smallest absolute Gasteiger partial charge is 0.276 e. The van der Waals surface area contributed by atoms with Gasteiger partial charge in [-0.1, -0.05) is 46.3 Å². The largest absolute Gasteiger partial charge is 0.321 e. The zero-order valence-corrected chi connectivity index (χ0v) is 17.9. The van der Waals surface area contributed by atoms with Crippen molar-refractivity contribution in [3.63, 3.8) is 0 Å². The van der Waals surface area contributed by atoms with Gasteiger partial charge >= 0.3 is 0 Å². The summed E-state index contributed by atoms with van der Waals surface area (Å²) in [6, 6.07) is 16.8. The van der Waals surface area contributed by atoms with Gasteiger partial charge in [-0.25, -0.2) is 4.39 Å². The molecule has 0 aliphatic heterocycles. The number of nitrogens with zero attached hydrogens (tertiary/aromatic N) is 1. The fourth-order valence-corrected chi connectivity index (χ4v) is 3.85. The van der Waals surface area contributed by atoms with Crippen LogP contribution < -0.4 is 5.56 Å². The molecule has 32 heavy (non-hydrogen) atoms. The van der Waals surface area contributed by atoms with Gasteiger partial charge in [0, 0.05) is 32.6 Å². The Balaban J connectivity index is 1.95. The predicted molar refractivity (Wildman–Crippen MR) is 124 cm³/mol. The zero-order chi connectivity index (χ0) is 22.8. The molecule has 0 aliphatic rings. The minimum Gasteiger partial charge on any atom is -0.321 e. The van der Waals surface area contributed by atoms with E-state index in [-0.39, 0.29) is 27.9 Å². The fourth-order valence-electron chi connectivity index (χ4n) is 3.49. The minimum absolute atomic E-state index is 0.101. The first kappa shape index (κ1) is 21.3. The fraction of sp³-hybridized carbons (Fsp3) is 0. The highest BCUT2D eigenvalue weighted by atomic mass is 79.9. The molecule has 4 rings (SSSR count). The Morgan fingerprint density at radius 2 is 1.78 bits per heavy atom. The number of allylic oxidation sites excluding steroid dienone is 1. The molecule has 4 aromatic rings. The van der Waals surface area contributed by atoms with Crippen molar-refractivity contribution in [2.45, 2.75) is 0 Å². The van der Waals surface area contributed by atoms with E-state index in [2.05, 4.69) is 20.9 Å². The molecular weight excluding hydrogens is 479 g/mol. The third kappa shape index (κ3) is 4.00. The molecule has 0 fully saturated rings. The third-order valence-corrected chi connectivity index (χ3v) is 5.41. The summed E-state index contributed by atoms with van der Waals surface area (Å²) in [5.41, 5.74) is -0.216. The molecule has 1 aromatic heterocycles. The number of ketones is 1. The Bertz CT molecular complexity index is 1480. The Morgan fingerprint density at radius 1 is 1.06 bits per heavy atom. The number of benzene rings is 3. The number of aromatic nitrogens is 1. The molecule has 0 saturated carbocycles. The number of halogens is 2. The normalized spacial score (nSPS) is 11.2. The van der Waals surface area contributed by atoms with Crippen LogP contribution in [-0.2, 0) is 0 Å². The zero-order valence-electron chi connectivity index (χ0n) is 16.3. The summed E-state index contributed by atoms with van der Waals surface area (Å²) in [6.45, 7) is 0. The molecule has 0 unspecified atom stereocenters. The first-order valence-electron chi connectivity index (χ1n) is 9.43. The van der Waals surface area contributed by atoms with Crippen molar-refractivity contribution in [3.05, 3.63) is 115 Å². The quantitative estimate of drug-likeness (QED) is 0.162. The molecule has 0 aliphatic carbocycles. The summed E-state index contributed by atoms with van der Waals surface area (Å²) in [6.07, 6.45) is 2.36. The van der Waals surface area contributed by atoms with Gasteiger partial charge in [0.25, 0.3) is 11.2 Å². The lowest BCUT2D eigenvalue weighted by molar-refractivity contribution is -0.385. The SMILES string of the molecule is O=C(C=Cc1ccccc1[N+](=O)[O-])c1c(-c2ccccc2F)c2cc(Br)ccc2[nH]c1=O. The molecule has 0 atom stereocenters. The molecule has 0 saturated heterocycles. The van der Waals surface area contributed by atoms with Crippen molar-refractivity contribution in [1.29, 1.82) is 0 Å². The Kier molecular flexibility index (Phi) is 5.79. The highest BCUT2D eigenvalue weighted by Crippen LogP contribution is 2.33. The number of pyridine rings is 1. The molecule has 1 N–H and O–H groups in total. The van der Waals surface area contributed by atoms with Gasteiger partial charge in [0.15, 0.2) is 5.78 Å². The maximum Gasteiger partial charge on any atom is 0.276 e. The molecule has 158 valence electrons. The number of H-pyrrole nitrogens is 1. The van der Waals surface area contributed by atoms with Gasteiger partial charge in [-0.15, -0.1) is 0 Å². The number of nitro benzene ring substituents is 1. The summed E-state index contributed by atoms with van der Waals surface area (Å²) in [5.74, 6) is -1.29. The van der Waals surface area contributed by atoms with E-state index in [1.165, 1.54) is 42.5 Å². The van der Waals surface area contributed by atoms with E-state index in [0.717, 1.165) is 6.08 Å². The van der Waals surface area contributed by atoms with Gasteiger partial charge in [0.05, 0.1) is 16.1 Å². The van der Waals surface area contributed by atoms with E-state index in [9.17, 15) is 24.1 Å². The lowest BCUT2D eigenvalue weighted by Gasteiger charge is -2.12. The van der Waals surface area contributed by atoms with E-state index in [4.69, 9.17) is 0 Å². The maximum absolute atomic E-state index is 14.7. The second kappa shape index (κ2) is 8.68. The number of carbonyl (C=O) groups is 1. The highest BCUT2D eigenvalue weighted by molar-refractivity contribution is 9.10. The molecule has 3 aromatic carbocycles. The number of aromatic amines is 1. The third-order valence-electron chi connectivity index (χ3n) is 4.91. The Hall–Kier alpha value is -3.91. The number of nitro groups is 1. The van der Waals surface area contributed by atoms with Crippen LogP contribution in [0.4, 0.5) is 10.1 Å². The van der Waals surface area contributed by atoms with Crippen molar-refractivity contribution in [1.82, 2.24) is 4.98 Å². The van der Waals surface area contributed by atoms with Crippen LogP contribution in [0.2, 0.25) is 0 Å². The monoisotopic (exact) mass is 492 g/mol. The number of carbonyl (C=O) groups excluding carboxylic acids is 1. The Labute approximate surface area is 189 Å². The molecule has 0 spiro atoms. The van der Waals surface area contributed by atoms with E-state index in [0.29, 0.717) is 15.4 Å². The molecular formula is C24H14BrFN2O4. The topological polar surface area (TPSA) is 93.1 Å². The van der Waals surface area contributed by atoms with Gasteiger partial charge in [0.1, 0.15) is 5.82 Å². The average molecular weight is 493 g/mol. The summed E-state index contributed by atoms with van der Waals surface area (Å²) >= 11 is 3.37. The number of para-hydroxylation sites is 1. The van der Waals surface area contributed by atoms with E-state index < -0.39 is 22.1 Å². The Morgan fingerprint density at radius 3 is 2.53 bits per heavy atom.